The maximum absolute atomic E-state index is 14.2. The van der Waals surface area contributed by atoms with Crippen LogP contribution in [0.25, 0.3) is 0 Å². The molecule has 1 heterocycles. The average molecular weight is 681 g/mol. The fourth-order valence-corrected chi connectivity index (χ4v) is 7.44. The van der Waals surface area contributed by atoms with Gasteiger partial charge in [0, 0.05) is 59.5 Å². The van der Waals surface area contributed by atoms with Crippen LogP contribution < -0.4 is 9.47 Å². The molecule has 0 amide bonds. The van der Waals surface area contributed by atoms with E-state index < -0.39 is 34.0 Å². The lowest BCUT2D eigenvalue weighted by Crippen LogP contribution is -2.44. The Hall–Kier alpha value is -4.41. The summed E-state index contributed by atoms with van der Waals surface area (Å²) >= 11 is 0. The van der Waals surface area contributed by atoms with Crippen LogP contribution >= 0.6 is 0 Å². The number of halogens is 3. The smallest absolute Gasteiger partial charge is 0.416 e. The van der Waals surface area contributed by atoms with Crippen LogP contribution in [0.1, 0.15) is 96.3 Å². The van der Waals surface area contributed by atoms with Gasteiger partial charge in [-0.3, -0.25) is 19.7 Å². The van der Waals surface area contributed by atoms with Crippen LogP contribution in [-0.4, -0.2) is 34.5 Å². The summed E-state index contributed by atoms with van der Waals surface area (Å²) in [4.78, 5) is 41.6. The van der Waals surface area contributed by atoms with Gasteiger partial charge < -0.3 is 14.4 Å². The zero-order chi connectivity index (χ0) is 36.1. The molecule has 1 aliphatic heterocycles. The molecule has 2 aliphatic carbocycles. The number of allylic oxidation sites excluding steroid dienone is 5. The number of Topliss-reactive ketones (excluding diaryl/α,β-unsaturated/α-hetero) is 2. The number of benzene rings is 2. The maximum Gasteiger partial charge on any atom is 0.416 e. The van der Waals surface area contributed by atoms with E-state index in [0.717, 1.165) is 29.9 Å². The van der Waals surface area contributed by atoms with Gasteiger partial charge in [0.15, 0.2) is 23.1 Å². The number of ketones is 2. The Labute approximate surface area is 284 Å². The van der Waals surface area contributed by atoms with E-state index in [1.807, 2.05) is 0 Å². The highest BCUT2D eigenvalue weighted by Gasteiger charge is 2.49. The van der Waals surface area contributed by atoms with Gasteiger partial charge in [0.1, 0.15) is 0 Å². The van der Waals surface area contributed by atoms with Gasteiger partial charge in [-0.05, 0) is 67.2 Å². The third-order valence-corrected chi connectivity index (χ3v) is 9.32. The first-order chi connectivity index (χ1) is 22.9. The third-order valence-electron chi connectivity index (χ3n) is 9.32. The molecule has 0 atom stereocenters. The molecule has 0 N–H and O–H groups in total. The molecule has 0 spiro atoms. The second-order valence-corrected chi connectivity index (χ2v) is 14.7. The van der Waals surface area contributed by atoms with Crippen LogP contribution in [0.4, 0.5) is 18.9 Å². The van der Waals surface area contributed by atoms with Crippen molar-refractivity contribution in [1.82, 2.24) is 4.90 Å². The summed E-state index contributed by atoms with van der Waals surface area (Å²) in [5.41, 5.74) is 1.57. The first kappa shape index (κ1) is 35.9. The molecule has 0 saturated carbocycles. The van der Waals surface area contributed by atoms with Crippen molar-refractivity contribution in [1.29, 1.82) is 0 Å². The second kappa shape index (κ2) is 13.1. The van der Waals surface area contributed by atoms with E-state index in [2.05, 4.69) is 46.1 Å². The van der Waals surface area contributed by atoms with Gasteiger partial charge in [-0.2, -0.15) is 13.2 Å². The van der Waals surface area contributed by atoms with Crippen LogP contribution in [-0.2, 0) is 22.2 Å². The second-order valence-electron chi connectivity index (χ2n) is 14.7. The molecule has 2 aromatic rings. The molecule has 8 nitrogen and oxygen atoms in total. The number of alkyl halides is 3. The predicted molar refractivity (Wildman–Crippen MR) is 180 cm³/mol. The summed E-state index contributed by atoms with van der Waals surface area (Å²) in [7, 11) is 0. The molecule has 5 rings (SSSR count). The average Bonchev–Trinajstić information content (AvgIpc) is 2.97. The van der Waals surface area contributed by atoms with Crippen LogP contribution in [0.15, 0.2) is 65.5 Å². The number of nitrogens with zero attached hydrogens (tertiary/aromatic N) is 2. The number of rotatable bonds is 10. The van der Waals surface area contributed by atoms with Crippen molar-refractivity contribution in [2.75, 3.05) is 13.2 Å². The Morgan fingerprint density at radius 3 is 2.04 bits per heavy atom. The molecule has 0 fully saturated rings. The number of hydrogen-bond acceptors (Lipinski definition) is 7. The van der Waals surface area contributed by atoms with Crippen LogP contribution in [0.3, 0.4) is 0 Å². The zero-order valence-electron chi connectivity index (χ0n) is 28.9. The van der Waals surface area contributed by atoms with Crippen LogP contribution in [0.5, 0.6) is 17.2 Å². The zero-order valence-corrected chi connectivity index (χ0v) is 28.9. The molecule has 0 aromatic heterocycles. The van der Waals surface area contributed by atoms with Crippen molar-refractivity contribution in [2.45, 2.75) is 92.2 Å². The molecular formula is C38H43F3N2O6. The molecule has 3 aliphatic rings. The summed E-state index contributed by atoms with van der Waals surface area (Å²) < 4.78 is 52.4. The van der Waals surface area contributed by atoms with Gasteiger partial charge in [-0.1, -0.05) is 46.8 Å². The Bertz CT molecular complexity index is 1730. The van der Waals surface area contributed by atoms with Crippen molar-refractivity contribution < 1.29 is 37.2 Å². The van der Waals surface area contributed by atoms with E-state index >= 15 is 0 Å². The summed E-state index contributed by atoms with van der Waals surface area (Å²) in [6.07, 6.45) is -0.208. The monoisotopic (exact) mass is 680 g/mol. The quantitative estimate of drug-likeness (QED) is 0.140. The Kier molecular flexibility index (Phi) is 9.62. The van der Waals surface area contributed by atoms with Crippen molar-refractivity contribution >= 4 is 17.3 Å². The maximum atomic E-state index is 14.2. The highest BCUT2D eigenvalue weighted by Crippen LogP contribution is 2.55. The van der Waals surface area contributed by atoms with E-state index in [1.165, 1.54) is 0 Å². The lowest BCUT2D eigenvalue weighted by Gasteiger charge is -2.49. The molecule has 262 valence electrons. The molecule has 0 radical (unpaired) electrons. The van der Waals surface area contributed by atoms with Crippen molar-refractivity contribution in [2.24, 2.45) is 10.8 Å². The Morgan fingerprint density at radius 2 is 1.55 bits per heavy atom. The molecule has 2 aromatic carbocycles. The molecule has 0 unspecified atom stereocenters. The van der Waals surface area contributed by atoms with E-state index in [9.17, 15) is 32.9 Å². The molecule has 0 bridgehead atoms. The third kappa shape index (κ3) is 7.03. The van der Waals surface area contributed by atoms with Gasteiger partial charge in [-0.25, -0.2) is 0 Å². The fourth-order valence-electron chi connectivity index (χ4n) is 7.44. The first-order valence-electron chi connectivity index (χ1n) is 16.6. The lowest BCUT2D eigenvalue weighted by molar-refractivity contribution is -0.385. The molecule has 49 heavy (non-hydrogen) atoms. The predicted octanol–water partition coefficient (Wildman–Crippen LogP) is 9.63. The Balaban J connectivity index is 1.76. The minimum Gasteiger partial charge on any atom is -0.490 e. The lowest BCUT2D eigenvalue weighted by atomic mass is 9.63. The van der Waals surface area contributed by atoms with Crippen LogP contribution in [0.2, 0.25) is 0 Å². The van der Waals surface area contributed by atoms with Crippen molar-refractivity contribution in [3.05, 3.63) is 92.3 Å². The normalized spacial score (nSPS) is 19.1. The van der Waals surface area contributed by atoms with E-state index in [0.29, 0.717) is 60.6 Å². The minimum absolute atomic E-state index is 0.0227. The van der Waals surface area contributed by atoms with Crippen molar-refractivity contribution in [3.63, 3.8) is 0 Å². The summed E-state index contributed by atoms with van der Waals surface area (Å²) in [6.45, 7) is 16.8. The number of hydrogen-bond donors (Lipinski definition) is 0. The van der Waals surface area contributed by atoms with Gasteiger partial charge in [-0.15, -0.1) is 6.58 Å². The minimum atomic E-state index is -4.79. The summed E-state index contributed by atoms with van der Waals surface area (Å²) in [6, 6.07) is 5.57. The number of ether oxygens (including phenoxy) is 2. The molecule has 11 heteroatoms. The van der Waals surface area contributed by atoms with Gasteiger partial charge in [0.05, 0.1) is 17.1 Å². The summed E-state index contributed by atoms with van der Waals surface area (Å²) in [5, 5.41) is 11.9. The first-order valence-corrected chi connectivity index (χ1v) is 16.6. The fraction of sp³-hybridized carbons (Fsp3) is 0.474. The largest absolute Gasteiger partial charge is 0.490 e. The standard InChI is InChI=1S/C38H43F3N2O6/c1-8-11-22-15-23(16-31(48-10-3)35(22)49-30-13-12-24(38(39,40)41)17-25(30)43(46)47)32-33-26(18-36(4,5)20-28(33)44)42(14-9-2)27-19-37(6,7)21-29(45)34(27)32/h8,12-13,15-17,32H,1,9-11,14,18-21H2,2-7H3. The topological polar surface area (TPSA) is 99.0 Å². The van der Waals surface area contributed by atoms with Gasteiger partial charge >= 0.3 is 11.9 Å². The van der Waals surface area contributed by atoms with Gasteiger partial charge in [0.2, 0.25) is 5.75 Å². The van der Waals surface area contributed by atoms with Crippen LogP contribution in [0, 0.1) is 20.9 Å². The highest BCUT2D eigenvalue weighted by molar-refractivity contribution is 6.07. The van der Waals surface area contributed by atoms with E-state index in [-0.39, 0.29) is 46.9 Å². The number of carbonyl (C=O) groups is 2. The Morgan fingerprint density at radius 1 is 0.959 bits per heavy atom. The number of nitro benzene ring substituents is 1. The SMILES string of the molecule is C=CCc1cc(C2C3=C(CC(C)(C)CC3=O)N(CCC)C3=C2C(=O)CC(C)(C)C3)cc(OCC)c1Oc1ccc(C(F)(F)F)cc1[N+](=O)[O-]. The summed E-state index contributed by atoms with van der Waals surface area (Å²) in [5.74, 6) is -0.862. The molecular weight excluding hydrogens is 637 g/mol. The van der Waals surface area contributed by atoms with Crippen molar-refractivity contribution in [3.8, 4) is 17.2 Å². The van der Waals surface area contributed by atoms with Gasteiger partial charge in [0.25, 0.3) is 0 Å². The highest BCUT2D eigenvalue weighted by atomic mass is 19.4. The number of carbonyl (C=O) groups excluding carboxylic acids is 2. The number of nitro groups is 1. The van der Waals surface area contributed by atoms with E-state index in [1.54, 1.807) is 25.1 Å². The molecule has 0 saturated heterocycles. The van der Waals surface area contributed by atoms with E-state index in [4.69, 9.17) is 9.47 Å².